The van der Waals surface area contributed by atoms with Crippen molar-refractivity contribution in [3.63, 3.8) is 0 Å². The van der Waals surface area contributed by atoms with Crippen LogP contribution in [0.2, 0.25) is 0 Å². The average molecular weight is 486 g/mol. The van der Waals surface area contributed by atoms with Crippen LogP contribution in [-0.4, -0.2) is 45.0 Å². The number of pyridine rings is 1. The summed E-state index contributed by atoms with van der Waals surface area (Å²) in [7, 11) is 2.18. The summed E-state index contributed by atoms with van der Waals surface area (Å²) in [6, 6.07) is 4.66. The Morgan fingerprint density at radius 1 is 1.14 bits per heavy atom. The molecule has 1 atom stereocenters. The lowest BCUT2D eigenvalue weighted by Gasteiger charge is -2.31. The SMILES string of the molecule is CN(Cc1cn(CC2CCNCC2)nn1)C1CCCc2cccnc21.Cl.Cl.Cl.Cl. The van der Waals surface area contributed by atoms with E-state index >= 15 is 0 Å². The normalized spacial score (nSPS) is 18.5. The molecule has 1 N–H and O–H groups in total. The molecular formula is C19H32Cl4N6. The molecule has 2 aromatic rings. The van der Waals surface area contributed by atoms with E-state index in [0.29, 0.717) is 6.04 Å². The van der Waals surface area contributed by atoms with Crippen LogP contribution in [0, 0.1) is 5.92 Å². The van der Waals surface area contributed by atoms with Gasteiger partial charge in [-0.25, -0.2) is 0 Å². The standard InChI is InChI=1S/C19H28N6.4ClH/c1-24(18-6-2-4-16-5-3-9-21-19(16)18)13-17-14-25(23-22-17)12-15-7-10-20-11-8-15;;;;/h3,5,9,14-15,18,20H,2,4,6-8,10-13H2,1H3;4*1H. The second kappa shape index (κ2) is 13.6. The first-order valence-electron chi connectivity index (χ1n) is 9.53. The zero-order valence-electron chi connectivity index (χ0n) is 16.7. The lowest BCUT2D eigenvalue weighted by molar-refractivity contribution is 0.206. The second-order valence-corrected chi connectivity index (χ2v) is 7.50. The number of nitrogens with zero attached hydrogens (tertiary/aromatic N) is 5. The van der Waals surface area contributed by atoms with E-state index in [-0.39, 0.29) is 49.6 Å². The minimum Gasteiger partial charge on any atom is -0.317 e. The van der Waals surface area contributed by atoms with Gasteiger partial charge in [-0.05, 0) is 69.8 Å². The van der Waals surface area contributed by atoms with Gasteiger partial charge in [-0.3, -0.25) is 14.6 Å². The minimum absolute atomic E-state index is 0. The van der Waals surface area contributed by atoms with E-state index in [1.807, 2.05) is 16.9 Å². The molecule has 166 valence electrons. The van der Waals surface area contributed by atoms with Gasteiger partial charge in [0.15, 0.2) is 0 Å². The molecule has 0 amide bonds. The number of aryl methyl sites for hydroxylation is 1. The molecule has 4 rings (SSSR count). The zero-order chi connectivity index (χ0) is 17.1. The number of rotatable bonds is 5. The van der Waals surface area contributed by atoms with E-state index < -0.39 is 0 Å². The third kappa shape index (κ3) is 7.23. The molecule has 0 radical (unpaired) electrons. The zero-order valence-corrected chi connectivity index (χ0v) is 20.0. The van der Waals surface area contributed by atoms with Crippen LogP contribution in [-0.2, 0) is 19.5 Å². The van der Waals surface area contributed by atoms with Crippen molar-refractivity contribution in [3.8, 4) is 0 Å². The van der Waals surface area contributed by atoms with Crippen molar-refractivity contribution >= 4 is 49.6 Å². The maximum absolute atomic E-state index is 4.66. The molecule has 1 fully saturated rings. The van der Waals surface area contributed by atoms with E-state index in [2.05, 4.69) is 44.8 Å². The quantitative estimate of drug-likeness (QED) is 0.696. The van der Waals surface area contributed by atoms with Gasteiger partial charge in [0, 0.05) is 25.5 Å². The molecule has 1 unspecified atom stereocenters. The first kappa shape index (κ1) is 28.4. The van der Waals surface area contributed by atoms with Crippen LogP contribution in [0.25, 0.3) is 0 Å². The highest BCUT2D eigenvalue weighted by Gasteiger charge is 2.25. The summed E-state index contributed by atoms with van der Waals surface area (Å²) in [6.45, 7) is 4.07. The van der Waals surface area contributed by atoms with Crippen molar-refractivity contribution in [1.82, 2.24) is 30.2 Å². The Labute approximate surface area is 198 Å². The molecule has 2 aliphatic rings. The highest BCUT2D eigenvalue weighted by molar-refractivity contribution is 5.86. The molecule has 0 spiro atoms. The number of hydrogen-bond donors (Lipinski definition) is 1. The van der Waals surface area contributed by atoms with Crippen molar-refractivity contribution < 1.29 is 0 Å². The molecule has 1 aliphatic carbocycles. The van der Waals surface area contributed by atoms with Gasteiger partial charge in [-0.2, -0.15) is 0 Å². The molecule has 1 aliphatic heterocycles. The van der Waals surface area contributed by atoms with E-state index in [4.69, 9.17) is 0 Å². The molecular weight excluding hydrogens is 454 g/mol. The van der Waals surface area contributed by atoms with Crippen molar-refractivity contribution in [3.05, 3.63) is 41.5 Å². The largest absolute Gasteiger partial charge is 0.317 e. The van der Waals surface area contributed by atoms with Gasteiger partial charge in [-0.1, -0.05) is 11.3 Å². The number of nitrogens with one attached hydrogen (secondary N) is 1. The van der Waals surface area contributed by atoms with Gasteiger partial charge in [0.2, 0.25) is 0 Å². The molecule has 6 nitrogen and oxygen atoms in total. The van der Waals surface area contributed by atoms with Gasteiger partial charge >= 0.3 is 0 Å². The first-order valence-corrected chi connectivity index (χ1v) is 9.53. The summed E-state index contributed by atoms with van der Waals surface area (Å²) in [5.41, 5.74) is 3.71. The maximum Gasteiger partial charge on any atom is 0.0967 e. The maximum atomic E-state index is 4.66. The highest BCUT2D eigenvalue weighted by Crippen LogP contribution is 2.32. The predicted molar refractivity (Wildman–Crippen MR) is 126 cm³/mol. The lowest BCUT2D eigenvalue weighted by atomic mass is 9.91. The topological polar surface area (TPSA) is 58.9 Å². The first-order chi connectivity index (χ1) is 12.3. The van der Waals surface area contributed by atoms with E-state index in [9.17, 15) is 0 Å². The number of halogens is 4. The van der Waals surface area contributed by atoms with Crippen LogP contribution in [0.1, 0.15) is 48.7 Å². The molecule has 0 saturated carbocycles. The fraction of sp³-hybridized carbons (Fsp3) is 0.632. The Morgan fingerprint density at radius 2 is 1.90 bits per heavy atom. The van der Waals surface area contributed by atoms with E-state index in [1.54, 1.807) is 0 Å². The summed E-state index contributed by atoms with van der Waals surface area (Å²) in [5, 5.41) is 12.2. The fourth-order valence-corrected chi connectivity index (χ4v) is 4.21. The second-order valence-electron chi connectivity index (χ2n) is 7.50. The van der Waals surface area contributed by atoms with Gasteiger partial charge < -0.3 is 5.32 Å². The summed E-state index contributed by atoms with van der Waals surface area (Å²) < 4.78 is 2.03. The predicted octanol–water partition coefficient (Wildman–Crippen LogP) is 3.87. The molecule has 0 bridgehead atoms. The van der Waals surface area contributed by atoms with Crippen LogP contribution in [0.3, 0.4) is 0 Å². The molecule has 10 heteroatoms. The Hall–Kier alpha value is -0.630. The highest BCUT2D eigenvalue weighted by atomic mass is 35.5. The number of hydrogen-bond acceptors (Lipinski definition) is 5. The molecule has 3 heterocycles. The average Bonchev–Trinajstić information content (AvgIpc) is 3.09. The Kier molecular flexibility index (Phi) is 13.3. The van der Waals surface area contributed by atoms with Crippen molar-refractivity contribution in [1.29, 1.82) is 0 Å². The Morgan fingerprint density at radius 3 is 2.66 bits per heavy atom. The van der Waals surface area contributed by atoms with Crippen molar-refractivity contribution in [2.24, 2.45) is 5.92 Å². The molecule has 29 heavy (non-hydrogen) atoms. The summed E-state index contributed by atoms with van der Waals surface area (Å²) in [4.78, 5) is 7.04. The Balaban J connectivity index is 0.00000196. The number of aromatic nitrogens is 4. The van der Waals surface area contributed by atoms with Crippen molar-refractivity contribution in [2.75, 3.05) is 20.1 Å². The van der Waals surface area contributed by atoms with Crippen LogP contribution < -0.4 is 5.32 Å². The summed E-state index contributed by atoms with van der Waals surface area (Å²) in [5.74, 6) is 0.725. The van der Waals surface area contributed by atoms with E-state index in [0.717, 1.165) is 44.2 Å². The molecule has 2 aromatic heterocycles. The molecule has 0 aromatic carbocycles. The minimum atomic E-state index is 0. The van der Waals surface area contributed by atoms with Crippen LogP contribution in [0.4, 0.5) is 0 Å². The Bertz CT molecular complexity index is 708. The third-order valence-electron chi connectivity index (χ3n) is 5.60. The van der Waals surface area contributed by atoms with E-state index in [1.165, 1.54) is 36.9 Å². The monoisotopic (exact) mass is 484 g/mol. The van der Waals surface area contributed by atoms with Gasteiger partial charge in [0.05, 0.1) is 17.4 Å². The summed E-state index contributed by atoms with van der Waals surface area (Å²) in [6.07, 6.45) is 10.1. The van der Waals surface area contributed by atoms with Gasteiger partial charge in [0.1, 0.15) is 0 Å². The lowest BCUT2D eigenvalue weighted by Crippen LogP contribution is -2.30. The van der Waals surface area contributed by atoms with Crippen LogP contribution in [0.15, 0.2) is 24.5 Å². The van der Waals surface area contributed by atoms with Crippen LogP contribution >= 0.6 is 49.6 Å². The van der Waals surface area contributed by atoms with Gasteiger partial charge in [0.25, 0.3) is 0 Å². The van der Waals surface area contributed by atoms with Crippen LogP contribution in [0.5, 0.6) is 0 Å². The summed E-state index contributed by atoms with van der Waals surface area (Å²) >= 11 is 0. The van der Waals surface area contributed by atoms with Crippen molar-refractivity contribution in [2.45, 2.75) is 51.2 Å². The fourth-order valence-electron chi connectivity index (χ4n) is 4.21. The number of fused-ring (bicyclic) bond motifs is 1. The third-order valence-corrected chi connectivity index (χ3v) is 5.60. The smallest absolute Gasteiger partial charge is 0.0967 e. The number of piperidine rings is 1. The molecule has 1 saturated heterocycles. The van der Waals surface area contributed by atoms with Gasteiger partial charge in [-0.15, -0.1) is 54.7 Å².